The van der Waals surface area contributed by atoms with E-state index in [4.69, 9.17) is 14.2 Å². The van der Waals surface area contributed by atoms with E-state index in [1.165, 1.54) is 61.8 Å². The highest BCUT2D eigenvalue weighted by molar-refractivity contribution is 6.16. The van der Waals surface area contributed by atoms with E-state index in [0.29, 0.717) is 46.7 Å². The molecule has 228 valence electrons. The van der Waals surface area contributed by atoms with Crippen molar-refractivity contribution in [3.05, 3.63) is 114 Å². The zero-order chi connectivity index (χ0) is 31.6. The molecule has 0 atom stereocenters. The molecule has 0 spiro atoms. The summed E-state index contributed by atoms with van der Waals surface area (Å²) in [7, 11) is 1.48. The zero-order valence-corrected chi connectivity index (χ0v) is 23.9. The number of carbonyl (C=O) groups is 2. The van der Waals surface area contributed by atoms with Crippen LogP contribution in [0.2, 0.25) is 0 Å². The highest BCUT2D eigenvalue weighted by Gasteiger charge is 2.56. The summed E-state index contributed by atoms with van der Waals surface area (Å²) < 4.78 is 58.9. The fourth-order valence-corrected chi connectivity index (χ4v) is 4.73. The second-order valence-corrected chi connectivity index (χ2v) is 10.5. The van der Waals surface area contributed by atoms with Crippen molar-refractivity contribution in [3.8, 4) is 23.0 Å². The molecule has 5 aromatic rings. The molecule has 6 rings (SSSR count). The van der Waals surface area contributed by atoms with E-state index in [0.717, 1.165) is 11.6 Å². The number of aromatic nitrogens is 1. The Kier molecular flexibility index (Phi) is 7.99. The number of fused-ring (bicyclic) bond motifs is 1. The first-order valence-corrected chi connectivity index (χ1v) is 13.9. The number of nitrogens with one attached hydrogen (secondary N) is 2. The third kappa shape index (κ3) is 6.37. The van der Waals surface area contributed by atoms with Gasteiger partial charge in [-0.3, -0.25) is 14.6 Å². The minimum Gasteiger partial charge on any atom is -0.493 e. The monoisotopic (exact) mass is 613 g/mol. The van der Waals surface area contributed by atoms with Crippen molar-refractivity contribution >= 4 is 34.1 Å². The lowest BCUT2D eigenvalue weighted by Gasteiger charge is -2.16. The third-order valence-corrected chi connectivity index (χ3v) is 7.43. The summed E-state index contributed by atoms with van der Waals surface area (Å²) in [6, 6.07) is 20.0. The Balaban J connectivity index is 1.15. The van der Waals surface area contributed by atoms with Crippen LogP contribution in [0.4, 0.5) is 24.5 Å². The summed E-state index contributed by atoms with van der Waals surface area (Å²) >= 11 is 0. The molecule has 0 bridgehead atoms. The molecule has 2 amide bonds. The molecule has 2 N–H and O–H groups in total. The van der Waals surface area contributed by atoms with Gasteiger partial charge in [-0.15, -0.1) is 0 Å². The lowest BCUT2D eigenvalue weighted by atomic mass is 10.0. The largest absolute Gasteiger partial charge is 0.493 e. The van der Waals surface area contributed by atoms with Gasteiger partial charge < -0.3 is 24.8 Å². The maximum atomic E-state index is 15.2. The molecule has 8 nitrogen and oxygen atoms in total. The molecule has 0 saturated heterocycles. The first kappa shape index (κ1) is 29.5. The molecule has 1 aliphatic carbocycles. The first-order chi connectivity index (χ1) is 21.7. The molecule has 1 heterocycles. The Hall–Kier alpha value is -5.58. The third-order valence-electron chi connectivity index (χ3n) is 7.43. The van der Waals surface area contributed by atoms with Crippen molar-refractivity contribution in [2.45, 2.75) is 19.4 Å². The van der Waals surface area contributed by atoms with E-state index in [1.54, 1.807) is 30.3 Å². The predicted molar refractivity (Wildman–Crippen MR) is 161 cm³/mol. The summed E-state index contributed by atoms with van der Waals surface area (Å²) in [5, 5.41) is 5.78. The quantitative estimate of drug-likeness (QED) is 0.160. The van der Waals surface area contributed by atoms with Gasteiger partial charge in [0, 0.05) is 35.1 Å². The highest BCUT2D eigenvalue weighted by Crippen LogP contribution is 2.47. The number of methoxy groups -OCH3 is 1. The smallest absolute Gasteiger partial charge is 0.240 e. The van der Waals surface area contributed by atoms with Gasteiger partial charge in [0.05, 0.1) is 12.6 Å². The van der Waals surface area contributed by atoms with Crippen molar-refractivity contribution in [2.75, 3.05) is 17.7 Å². The fraction of sp³-hybridized carbons (Fsp3) is 0.147. The summed E-state index contributed by atoms with van der Waals surface area (Å²) in [4.78, 5) is 30.2. The number of pyridine rings is 1. The molecule has 11 heteroatoms. The minimum atomic E-state index is -1.30. The van der Waals surface area contributed by atoms with Crippen LogP contribution in [0.1, 0.15) is 18.4 Å². The van der Waals surface area contributed by atoms with Gasteiger partial charge >= 0.3 is 0 Å². The van der Waals surface area contributed by atoms with E-state index >= 15 is 4.39 Å². The van der Waals surface area contributed by atoms with Crippen LogP contribution in [-0.2, 0) is 16.2 Å². The van der Waals surface area contributed by atoms with E-state index < -0.39 is 28.9 Å². The van der Waals surface area contributed by atoms with Crippen LogP contribution < -0.4 is 24.8 Å². The van der Waals surface area contributed by atoms with E-state index in [9.17, 15) is 18.4 Å². The summed E-state index contributed by atoms with van der Waals surface area (Å²) in [5.74, 6) is -1.63. The molecular weight excluding hydrogens is 587 g/mol. The van der Waals surface area contributed by atoms with Crippen LogP contribution >= 0.6 is 0 Å². The van der Waals surface area contributed by atoms with Crippen molar-refractivity contribution in [1.82, 2.24) is 4.98 Å². The van der Waals surface area contributed by atoms with Crippen LogP contribution in [0, 0.1) is 22.9 Å². The Morgan fingerprint density at radius 1 is 0.756 bits per heavy atom. The lowest BCUT2D eigenvalue weighted by molar-refractivity contribution is -0.131. The molecule has 1 aliphatic rings. The van der Waals surface area contributed by atoms with Crippen LogP contribution in [0.5, 0.6) is 23.0 Å². The predicted octanol–water partition coefficient (Wildman–Crippen LogP) is 7.39. The number of halogens is 3. The minimum absolute atomic E-state index is 0.105. The number of amides is 2. The molecule has 4 aromatic carbocycles. The standard InChI is InChI=1S/C34H26F3N3O5/c1-43-30-17-25-27(18-31(30)44-19-20-2-4-21(35)5-3-20)38-15-12-28(25)45-29-11-10-24(16-26(29)37)40-33(42)34(13-14-34)32(41)39-23-8-6-22(36)7-9-23/h2-12,15-18H,13-14,19H2,1H3,(H,39,41)(H,40,42). The van der Waals surface area contributed by atoms with Gasteiger partial charge in [-0.2, -0.15) is 0 Å². The average Bonchev–Trinajstić information content (AvgIpc) is 3.85. The van der Waals surface area contributed by atoms with Crippen LogP contribution in [0.25, 0.3) is 10.9 Å². The van der Waals surface area contributed by atoms with Gasteiger partial charge in [-0.05, 0) is 79.1 Å². The van der Waals surface area contributed by atoms with Crippen molar-refractivity contribution in [2.24, 2.45) is 5.41 Å². The lowest BCUT2D eigenvalue weighted by Crippen LogP contribution is -2.35. The van der Waals surface area contributed by atoms with Gasteiger partial charge in [0.2, 0.25) is 11.8 Å². The fourth-order valence-electron chi connectivity index (χ4n) is 4.73. The summed E-state index contributed by atoms with van der Waals surface area (Å²) in [6.45, 7) is 0.173. The Bertz CT molecular complexity index is 1900. The molecule has 0 radical (unpaired) electrons. The van der Waals surface area contributed by atoms with Crippen molar-refractivity contribution in [3.63, 3.8) is 0 Å². The van der Waals surface area contributed by atoms with Crippen molar-refractivity contribution < 1.29 is 37.0 Å². The SMILES string of the molecule is COc1cc2c(Oc3ccc(NC(=O)C4(C(=O)Nc5ccc(F)cc5)CC4)cc3F)ccnc2cc1OCc1ccc(F)cc1. The first-order valence-electron chi connectivity index (χ1n) is 13.9. The maximum Gasteiger partial charge on any atom is 0.240 e. The zero-order valence-electron chi connectivity index (χ0n) is 23.9. The van der Waals surface area contributed by atoms with Gasteiger partial charge in [-0.1, -0.05) is 12.1 Å². The molecule has 45 heavy (non-hydrogen) atoms. The second-order valence-electron chi connectivity index (χ2n) is 10.5. The van der Waals surface area contributed by atoms with Gasteiger partial charge in [0.15, 0.2) is 23.1 Å². The van der Waals surface area contributed by atoms with E-state index in [2.05, 4.69) is 15.6 Å². The molecule has 1 aromatic heterocycles. The Morgan fingerprint density at radius 3 is 2.04 bits per heavy atom. The van der Waals surface area contributed by atoms with Gasteiger partial charge in [0.25, 0.3) is 0 Å². The summed E-state index contributed by atoms with van der Waals surface area (Å²) in [5.41, 5.74) is 0.480. The molecule has 0 unspecified atom stereocenters. The van der Waals surface area contributed by atoms with Gasteiger partial charge in [-0.25, -0.2) is 13.2 Å². The van der Waals surface area contributed by atoms with Crippen LogP contribution in [0.15, 0.2) is 91.1 Å². The van der Waals surface area contributed by atoms with Crippen molar-refractivity contribution in [1.29, 1.82) is 0 Å². The second kappa shape index (κ2) is 12.2. The normalized spacial score (nSPS) is 13.2. The van der Waals surface area contributed by atoms with E-state index in [-0.39, 0.29) is 23.9 Å². The summed E-state index contributed by atoms with van der Waals surface area (Å²) in [6.07, 6.45) is 2.16. The van der Waals surface area contributed by atoms with Crippen LogP contribution in [0.3, 0.4) is 0 Å². The molecular formula is C34H26F3N3O5. The molecule has 0 aliphatic heterocycles. The number of benzene rings is 4. The maximum absolute atomic E-state index is 15.2. The number of ether oxygens (including phenoxy) is 3. The Labute approximate surface area is 255 Å². The molecule has 1 saturated carbocycles. The Morgan fingerprint density at radius 2 is 1.40 bits per heavy atom. The molecule has 1 fully saturated rings. The number of carbonyl (C=O) groups excluding carboxylic acids is 2. The number of nitrogens with zero attached hydrogens (tertiary/aromatic N) is 1. The highest BCUT2D eigenvalue weighted by atomic mass is 19.1. The number of hydrogen-bond acceptors (Lipinski definition) is 6. The number of anilines is 2. The van der Waals surface area contributed by atoms with Gasteiger partial charge in [0.1, 0.15) is 29.4 Å². The topological polar surface area (TPSA) is 98.8 Å². The number of hydrogen-bond donors (Lipinski definition) is 2. The average molecular weight is 614 g/mol. The van der Waals surface area contributed by atoms with Crippen LogP contribution in [-0.4, -0.2) is 23.9 Å². The van der Waals surface area contributed by atoms with E-state index in [1.807, 2.05) is 0 Å². The number of rotatable bonds is 10.